The first-order valence-electron chi connectivity index (χ1n) is 6.51. The Balaban J connectivity index is 2.29. The molecule has 0 aliphatic rings. The Morgan fingerprint density at radius 3 is 2.50 bits per heavy atom. The summed E-state index contributed by atoms with van der Waals surface area (Å²) in [5.74, 6) is 0.499. The second-order valence-electron chi connectivity index (χ2n) is 5.89. The minimum Gasteiger partial charge on any atom is -0.404 e. The van der Waals surface area contributed by atoms with Crippen LogP contribution in [0.1, 0.15) is 26.3 Å². The van der Waals surface area contributed by atoms with Gasteiger partial charge in [0.1, 0.15) is 18.1 Å². The topological polar surface area (TPSA) is 35.0 Å². The highest BCUT2D eigenvalue weighted by Gasteiger charge is 2.12. The van der Waals surface area contributed by atoms with Crippen LogP contribution in [0.15, 0.2) is 36.8 Å². The van der Waals surface area contributed by atoms with Crippen LogP contribution < -0.4 is 4.74 Å². The molecule has 2 rings (SSSR count). The molecule has 0 spiro atoms. The van der Waals surface area contributed by atoms with E-state index in [1.54, 1.807) is 6.20 Å². The van der Waals surface area contributed by atoms with Crippen molar-refractivity contribution >= 4 is 0 Å². The average molecular weight is 266 g/mol. The van der Waals surface area contributed by atoms with Crippen molar-refractivity contribution < 1.29 is 4.74 Å². The largest absolute Gasteiger partial charge is 0.404 e. The van der Waals surface area contributed by atoms with E-state index in [9.17, 15) is 0 Å². The summed E-state index contributed by atoms with van der Waals surface area (Å²) in [5, 5.41) is 0. The van der Waals surface area contributed by atoms with E-state index in [1.165, 1.54) is 11.9 Å². The highest BCUT2D eigenvalue weighted by Crippen LogP contribution is 2.28. The molecular formula is C17H18N2O. The third-order valence-electron chi connectivity index (χ3n) is 2.81. The summed E-state index contributed by atoms with van der Waals surface area (Å²) >= 11 is 0. The second-order valence-corrected chi connectivity index (χ2v) is 5.89. The zero-order valence-corrected chi connectivity index (χ0v) is 12.1. The fraction of sp³-hybridized carbons (Fsp3) is 0.294. The van der Waals surface area contributed by atoms with E-state index < -0.39 is 0 Å². The smallest absolute Gasteiger partial charge is 0.184 e. The van der Waals surface area contributed by atoms with Crippen LogP contribution in [-0.4, -0.2) is 9.97 Å². The summed E-state index contributed by atoms with van der Waals surface area (Å²) < 4.78 is 5.11. The molecule has 0 bridgehead atoms. The molecule has 0 saturated heterocycles. The van der Waals surface area contributed by atoms with E-state index in [1.807, 2.05) is 12.1 Å². The Kier molecular flexibility index (Phi) is 4.05. The van der Waals surface area contributed by atoms with Crippen LogP contribution >= 0.6 is 0 Å². The molecule has 20 heavy (non-hydrogen) atoms. The summed E-state index contributed by atoms with van der Waals surface area (Å²) in [5.41, 5.74) is 3.25. The van der Waals surface area contributed by atoms with Gasteiger partial charge in [0.2, 0.25) is 0 Å². The van der Waals surface area contributed by atoms with Gasteiger partial charge in [0.15, 0.2) is 5.75 Å². The van der Waals surface area contributed by atoms with Crippen molar-refractivity contribution in [3.8, 4) is 29.5 Å². The van der Waals surface area contributed by atoms with Crippen molar-refractivity contribution in [2.24, 2.45) is 5.41 Å². The number of ether oxygens (including phenoxy) is 1. The van der Waals surface area contributed by atoms with Gasteiger partial charge in [0, 0.05) is 5.56 Å². The van der Waals surface area contributed by atoms with Gasteiger partial charge in [0.05, 0.1) is 6.20 Å². The first-order chi connectivity index (χ1) is 9.49. The average Bonchev–Trinajstić information content (AvgIpc) is 2.39. The molecule has 2 aromatic rings. The van der Waals surface area contributed by atoms with E-state index in [2.05, 4.69) is 49.0 Å². The molecule has 0 aliphatic carbocycles. The van der Waals surface area contributed by atoms with Gasteiger partial charge >= 0.3 is 0 Å². The van der Waals surface area contributed by atoms with Gasteiger partial charge in [-0.05, 0) is 17.4 Å². The number of hydrogen-bond donors (Lipinski definition) is 0. The number of benzene rings is 1. The standard InChI is InChI=1S/C17H18N2O/c1-5-20-15-11-18-12-19-16(15)14-8-6-13(7-9-14)10-17(2,3)4/h1,6-9,11-12H,10H2,2-4H3. The molecule has 0 saturated carbocycles. The Labute approximate surface area is 120 Å². The lowest BCUT2D eigenvalue weighted by Gasteiger charge is -2.18. The van der Waals surface area contributed by atoms with Gasteiger partial charge in [-0.25, -0.2) is 9.97 Å². The van der Waals surface area contributed by atoms with Crippen molar-refractivity contribution in [1.29, 1.82) is 0 Å². The van der Waals surface area contributed by atoms with Crippen LogP contribution in [0.25, 0.3) is 11.3 Å². The summed E-state index contributed by atoms with van der Waals surface area (Å²) in [6, 6.07) is 8.30. The molecule has 1 heterocycles. The normalized spacial score (nSPS) is 10.9. The predicted molar refractivity (Wildman–Crippen MR) is 80.1 cm³/mol. The number of hydrogen-bond acceptors (Lipinski definition) is 3. The van der Waals surface area contributed by atoms with Gasteiger partial charge in [-0.2, -0.15) is 0 Å². The fourth-order valence-corrected chi connectivity index (χ4v) is 2.06. The van der Waals surface area contributed by atoms with Crippen LogP contribution in [0.2, 0.25) is 0 Å². The zero-order valence-electron chi connectivity index (χ0n) is 12.1. The monoisotopic (exact) mass is 266 g/mol. The molecule has 102 valence electrons. The summed E-state index contributed by atoms with van der Waals surface area (Å²) in [6.45, 7) is 6.68. The molecule has 3 nitrogen and oxygen atoms in total. The fourth-order valence-electron chi connectivity index (χ4n) is 2.06. The molecule has 0 unspecified atom stereocenters. The molecule has 1 aromatic heterocycles. The predicted octanol–water partition coefficient (Wildman–Crippen LogP) is 3.70. The maximum atomic E-state index is 5.17. The van der Waals surface area contributed by atoms with Crippen LogP contribution in [0.5, 0.6) is 5.75 Å². The molecular weight excluding hydrogens is 248 g/mol. The minimum atomic E-state index is 0.272. The van der Waals surface area contributed by atoms with Crippen LogP contribution in [0.3, 0.4) is 0 Å². The van der Waals surface area contributed by atoms with Crippen molar-refractivity contribution in [1.82, 2.24) is 9.97 Å². The Hall–Kier alpha value is -2.34. The van der Waals surface area contributed by atoms with Gasteiger partial charge in [-0.1, -0.05) is 51.5 Å². The number of nitrogens with zero attached hydrogens (tertiary/aromatic N) is 2. The molecule has 1 aromatic carbocycles. The van der Waals surface area contributed by atoms with Crippen molar-refractivity contribution in [3.05, 3.63) is 42.4 Å². The zero-order chi connectivity index (χ0) is 14.6. The highest BCUT2D eigenvalue weighted by atomic mass is 16.5. The molecule has 0 radical (unpaired) electrons. The maximum Gasteiger partial charge on any atom is 0.184 e. The molecule has 0 aliphatic heterocycles. The lowest BCUT2D eigenvalue weighted by molar-refractivity contribution is 0.411. The molecule has 0 atom stereocenters. The Bertz CT molecular complexity index is 619. The SMILES string of the molecule is C#COc1cncnc1-c1ccc(CC(C)(C)C)cc1. The summed E-state index contributed by atoms with van der Waals surface area (Å²) in [7, 11) is 0. The molecule has 0 N–H and O–H groups in total. The van der Waals surface area contributed by atoms with E-state index >= 15 is 0 Å². The van der Waals surface area contributed by atoms with E-state index in [0.717, 1.165) is 12.0 Å². The summed E-state index contributed by atoms with van der Waals surface area (Å²) in [6.07, 6.45) is 11.4. The second kappa shape index (κ2) is 5.75. The lowest BCUT2D eigenvalue weighted by atomic mass is 9.88. The van der Waals surface area contributed by atoms with E-state index in [0.29, 0.717) is 11.4 Å². The lowest BCUT2D eigenvalue weighted by Crippen LogP contribution is -2.08. The number of aromatic nitrogens is 2. The van der Waals surface area contributed by atoms with E-state index in [-0.39, 0.29) is 5.41 Å². The Morgan fingerprint density at radius 1 is 1.20 bits per heavy atom. The number of rotatable bonds is 3. The molecule has 0 amide bonds. The first-order valence-corrected chi connectivity index (χ1v) is 6.51. The van der Waals surface area contributed by atoms with Gasteiger partial charge in [-0.3, -0.25) is 0 Å². The van der Waals surface area contributed by atoms with Crippen molar-refractivity contribution in [2.45, 2.75) is 27.2 Å². The molecule has 0 fully saturated rings. The van der Waals surface area contributed by atoms with Gasteiger partial charge < -0.3 is 4.74 Å². The Morgan fingerprint density at radius 2 is 1.90 bits per heavy atom. The summed E-state index contributed by atoms with van der Waals surface area (Å²) in [4.78, 5) is 8.16. The van der Waals surface area contributed by atoms with Crippen LogP contribution in [0.4, 0.5) is 0 Å². The minimum absolute atomic E-state index is 0.272. The third-order valence-corrected chi connectivity index (χ3v) is 2.81. The molecule has 3 heteroatoms. The van der Waals surface area contributed by atoms with Crippen LogP contribution in [-0.2, 0) is 6.42 Å². The number of terminal acetylenes is 1. The van der Waals surface area contributed by atoms with Crippen molar-refractivity contribution in [3.63, 3.8) is 0 Å². The van der Waals surface area contributed by atoms with Gasteiger partial charge in [0.25, 0.3) is 0 Å². The van der Waals surface area contributed by atoms with Crippen LogP contribution in [0, 0.1) is 17.9 Å². The van der Waals surface area contributed by atoms with Crippen molar-refractivity contribution in [2.75, 3.05) is 0 Å². The van der Waals surface area contributed by atoms with Gasteiger partial charge in [-0.15, -0.1) is 0 Å². The first kappa shape index (κ1) is 14.1. The maximum absolute atomic E-state index is 5.17. The quantitative estimate of drug-likeness (QED) is 0.794. The third kappa shape index (κ3) is 3.58. The highest BCUT2D eigenvalue weighted by molar-refractivity contribution is 5.65. The van der Waals surface area contributed by atoms with E-state index in [4.69, 9.17) is 11.2 Å².